The standard InChI is InChI=1S/C32H18Br4S2/c33-27-17-23(31(35)37-27)15-13-21-11-9-19-5-1-3-7-25(19)29(21)30-22(12-10-20-6-2-4-8-26(20)30)14-16-24-18-28(34)38-32(24)36/h1-18H/b15-13+,16-14+. The molecule has 0 fully saturated rings. The van der Waals surface area contributed by atoms with Crippen LogP contribution in [0.3, 0.4) is 0 Å². The largest absolute Gasteiger partial charge is 0.121 e. The van der Waals surface area contributed by atoms with Crippen molar-refractivity contribution in [1.82, 2.24) is 0 Å². The number of hydrogen-bond acceptors (Lipinski definition) is 2. The van der Waals surface area contributed by atoms with Crippen LogP contribution in [0.15, 0.2) is 100 Å². The van der Waals surface area contributed by atoms with E-state index in [0.29, 0.717) is 0 Å². The Morgan fingerprint density at radius 3 is 1.24 bits per heavy atom. The minimum atomic E-state index is 1.11. The molecule has 6 rings (SSSR count). The normalized spacial score (nSPS) is 12.0. The zero-order valence-corrected chi connectivity index (χ0v) is 27.7. The number of halogens is 4. The second-order valence-corrected chi connectivity index (χ2v) is 16.2. The van der Waals surface area contributed by atoms with E-state index in [9.17, 15) is 0 Å². The molecule has 0 bridgehead atoms. The van der Waals surface area contributed by atoms with Gasteiger partial charge in [-0.2, -0.15) is 0 Å². The predicted octanol–water partition coefficient (Wildman–Crippen LogP) is 13.2. The van der Waals surface area contributed by atoms with Gasteiger partial charge >= 0.3 is 0 Å². The van der Waals surface area contributed by atoms with E-state index in [-0.39, 0.29) is 0 Å². The van der Waals surface area contributed by atoms with E-state index in [1.807, 2.05) is 0 Å². The number of hydrogen-bond donors (Lipinski definition) is 0. The number of benzene rings is 4. The van der Waals surface area contributed by atoms with E-state index in [2.05, 4.69) is 173 Å². The maximum Gasteiger partial charge on any atom is 0.0782 e. The van der Waals surface area contributed by atoms with Crippen molar-refractivity contribution in [3.8, 4) is 11.1 Å². The summed E-state index contributed by atoms with van der Waals surface area (Å²) in [6.07, 6.45) is 8.87. The summed E-state index contributed by atoms with van der Waals surface area (Å²) < 4.78 is 4.44. The summed E-state index contributed by atoms with van der Waals surface area (Å²) in [6.45, 7) is 0. The molecular formula is C32H18Br4S2. The van der Waals surface area contributed by atoms with Crippen LogP contribution in [0, 0.1) is 0 Å². The average molecular weight is 786 g/mol. The summed E-state index contributed by atoms with van der Waals surface area (Å²) in [7, 11) is 0. The Morgan fingerprint density at radius 1 is 0.447 bits per heavy atom. The summed E-state index contributed by atoms with van der Waals surface area (Å²) in [5.74, 6) is 0. The molecule has 6 aromatic rings. The maximum atomic E-state index is 3.71. The molecule has 0 aliphatic carbocycles. The van der Waals surface area contributed by atoms with Gasteiger partial charge in [0.25, 0.3) is 0 Å². The highest BCUT2D eigenvalue weighted by Crippen LogP contribution is 2.42. The highest BCUT2D eigenvalue weighted by atomic mass is 79.9. The summed E-state index contributed by atoms with van der Waals surface area (Å²) in [6, 6.07) is 30.6. The molecule has 0 saturated carbocycles. The van der Waals surface area contributed by atoms with Gasteiger partial charge in [0.1, 0.15) is 0 Å². The molecule has 0 aliphatic rings. The molecule has 2 aromatic heterocycles. The summed E-state index contributed by atoms with van der Waals surface area (Å²) >= 11 is 18.0. The van der Waals surface area contributed by atoms with Gasteiger partial charge in [0, 0.05) is 11.1 Å². The molecule has 0 radical (unpaired) electrons. The summed E-state index contributed by atoms with van der Waals surface area (Å²) in [5, 5.41) is 4.94. The third-order valence-corrected chi connectivity index (χ3v) is 11.2. The molecule has 0 atom stereocenters. The molecule has 0 saturated heterocycles. The lowest BCUT2D eigenvalue weighted by Gasteiger charge is -2.17. The zero-order valence-electron chi connectivity index (χ0n) is 19.7. The van der Waals surface area contributed by atoms with Gasteiger partial charge in [-0.1, -0.05) is 97.1 Å². The van der Waals surface area contributed by atoms with Gasteiger partial charge in [-0.05, 0) is 120 Å². The minimum Gasteiger partial charge on any atom is -0.121 e. The molecule has 0 amide bonds. The van der Waals surface area contributed by atoms with E-state index in [4.69, 9.17) is 0 Å². The van der Waals surface area contributed by atoms with E-state index in [0.717, 1.165) is 26.3 Å². The lowest BCUT2D eigenvalue weighted by molar-refractivity contribution is 1.63. The molecule has 0 aliphatic heterocycles. The van der Waals surface area contributed by atoms with Crippen molar-refractivity contribution in [3.05, 3.63) is 122 Å². The van der Waals surface area contributed by atoms with Crippen molar-refractivity contribution in [2.75, 3.05) is 0 Å². The van der Waals surface area contributed by atoms with Crippen LogP contribution in [0.1, 0.15) is 22.3 Å². The number of fused-ring (bicyclic) bond motifs is 2. The van der Waals surface area contributed by atoms with Crippen molar-refractivity contribution in [2.45, 2.75) is 0 Å². The highest BCUT2D eigenvalue weighted by Gasteiger charge is 2.15. The molecule has 0 unspecified atom stereocenters. The van der Waals surface area contributed by atoms with E-state index in [1.165, 1.54) is 43.8 Å². The molecule has 4 aromatic carbocycles. The van der Waals surface area contributed by atoms with Crippen molar-refractivity contribution >= 4 is 132 Å². The second-order valence-electron chi connectivity index (χ2n) is 8.73. The van der Waals surface area contributed by atoms with Crippen LogP contribution in [0.25, 0.3) is 57.0 Å². The van der Waals surface area contributed by atoms with Gasteiger partial charge in [-0.3, -0.25) is 0 Å². The molecule has 0 nitrogen and oxygen atoms in total. The van der Waals surface area contributed by atoms with Crippen LogP contribution in [-0.2, 0) is 0 Å². The third-order valence-electron chi connectivity index (χ3n) is 6.42. The smallest absolute Gasteiger partial charge is 0.0782 e. The molecule has 0 N–H and O–H groups in total. The lowest BCUT2D eigenvalue weighted by Crippen LogP contribution is -1.92. The van der Waals surface area contributed by atoms with Crippen molar-refractivity contribution < 1.29 is 0 Å². The van der Waals surface area contributed by atoms with Crippen molar-refractivity contribution in [1.29, 1.82) is 0 Å². The van der Waals surface area contributed by atoms with Crippen LogP contribution < -0.4 is 0 Å². The molecule has 2 heterocycles. The SMILES string of the molecule is Brc1cc(/C=C/c2ccc3ccccc3c2-c2c(/C=C/c3cc(Br)sc3Br)ccc3ccccc23)c(Br)s1. The van der Waals surface area contributed by atoms with Gasteiger partial charge < -0.3 is 0 Å². The Morgan fingerprint density at radius 2 is 0.842 bits per heavy atom. The molecule has 38 heavy (non-hydrogen) atoms. The van der Waals surface area contributed by atoms with Gasteiger partial charge in [0.05, 0.1) is 15.1 Å². The fourth-order valence-corrected chi connectivity index (χ4v) is 10.2. The Bertz CT molecular complexity index is 1740. The van der Waals surface area contributed by atoms with Crippen LogP contribution in [0.5, 0.6) is 0 Å². The first-order chi connectivity index (χ1) is 18.5. The summed E-state index contributed by atoms with van der Waals surface area (Å²) in [5.41, 5.74) is 7.17. The molecule has 6 heteroatoms. The van der Waals surface area contributed by atoms with Gasteiger partial charge in [0.15, 0.2) is 0 Å². The van der Waals surface area contributed by atoms with Crippen LogP contribution >= 0.6 is 86.4 Å². The predicted molar refractivity (Wildman–Crippen MR) is 184 cm³/mol. The monoisotopic (exact) mass is 782 g/mol. The fourth-order valence-electron chi connectivity index (χ4n) is 4.70. The molecule has 0 spiro atoms. The molecular weight excluding hydrogens is 768 g/mol. The van der Waals surface area contributed by atoms with Gasteiger partial charge in [0.2, 0.25) is 0 Å². The van der Waals surface area contributed by atoms with Gasteiger partial charge in [-0.25, -0.2) is 0 Å². The average Bonchev–Trinajstić information content (AvgIpc) is 3.43. The van der Waals surface area contributed by atoms with Crippen molar-refractivity contribution in [2.24, 2.45) is 0 Å². The van der Waals surface area contributed by atoms with E-state index >= 15 is 0 Å². The Hall–Kier alpha value is -1.80. The first-order valence-corrected chi connectivity index (χ1v) is 16.6. The highest BCUT2D eigenvalue weighted by molar-refractivity contribution is 9.12. The maximum absolute atomic E-state index is 3.71. The van der Waals surface area contributed by atoms with Gasteiger partial charge in [-0.15, -0.1) is 22.7 Å². The molecule has 186 valence electrons. The quantitative estimate of drug-likeness (QED) is 0.163. The topological polar surface area (TPSA) is 0 Å². The van der Waals surface area contributed by atoms with Crippen LogP contribution in [0.4, 0.5) is 0 Å². The minimum absolute atomic E-state index is 1.11. The van der Waals surface area contributed by atoms with Crippen molar-refractivity contribution in [3.63, 3.8) is 0 Å². The zero-order chi connectivity index (χ0) is 26.2. The van der Waals surface area contributed by atoms with E-state index in [1.54, 1.807) is 22.7 Å². The first kappa shape index (κ1) is 26.4. The third kappa shape index (κ3) is 5.32. The fraction of sp³-hybridized carbons (Fsp3) is 0. The van der Waals surface area contributed by atoms with Crippen LogP contribution in [0.2, 0.25) is 0 Å². The van der Waals surface area contributed by atoms with E-state index < -0.39 is 0 Å². The summed E-state index contributed by atoms with van der Waals surface area (Å²) in [4.78, 5) is 0. The number of thiophene rings is 2. The Kier molecular flexibility index (Phi) is 7.90. The lowest BCUT2D eigenvalue weighted by atomic mass is 9.86. The number of rotatable bonds is 5. The Labute approximate surface area is 263 Å². The first-order valence-electron chi connectivity index (χ1n) is 11.8. The van der Waals surface area contributed by atoms with Crippen LogP contribution in [-0.4, -0.2) is 0 Å². The second kappa shape index (κ2) is 11.4. The Balaban J connectivity index is 1.63.